The molecule has 2 rings (SSSR count). The van der Waals surface area contributed by atoms with E-state index >= 15 is 0 Å². The first-order valence-corrected chi connectivity index (χ1v) is 7.58. The molecule has 21 heavy (non-hydrogen) atoms. The third-order valence-electron chi connectivity index (χ3n) is 3.77. The number of rotatable bonds is 3. The Morgan fingerprint density at radius 1 is 0.857 bits per heavy atom. The largest absolute Gasteiger partial charge is 0.506 e. The van der Waals surface area contributed by atoms with E-state index in [4.69, 9.17) is 23.2 Å². The molecule has 0 heterocycles. The molecular formula is C17H18Cl2O2. The molecule has 0 bridgehead atoms. The predicted molar refractivity (Wildman–Crippen MR) is 87.8 cm³/mol. The van der Waals surface area contributed by atoms with Crippen molar-refractivity contribution in [1.82, 2.24) is 0 Å². The summed E-state index contributed by atoms with van der Waals surface area (Å²) in [5.74, 6) is 0.351. The smallest absolute Gasteiger partial charge is 0.137 e. The van der Waals surface area contributed by atoms with Gasteiger partial charge in [-0.2, -0.15) is 0 Å². The zero-order valence-corrected chi connectivity index (χ0v) is 13.8. The van der Waals surface area contributed by atoms with Gasteiger partial charge in [-0.3, -0.25) is 0 Å². The second-order valence-electron chi connectivity index (χ2n) is 5.30. The number of hydrogen-bond acceptors (Lipinski definition) is 2. The molecule has 2 aromatic carbocycles. The molecule has 4 heteroatoms. The van der Waals surface area contributed by atoms with Crippen LogP contribution in [-0.4, -0.2) is 10.2 Å². The first kappa shape index (κ1) is 16.0. The van der Waals surface area contributed by atoms with E-state index in [9.17, 15) is 10.2 Å². The number of aryl methyl sites for hydroxylation is 2. The number of phenols is 2. The summed E-state index contributed by atoms with van der Waals surface area (Å²) in [6, 6.07) is 7.44. The van der Waals surface area contributed by atoms with Crippen LogP contribution in [0.15, 0.2) is 24.3 Å². The molecule has 2 N–H and O–H groups in total. The fraction of sp³-hybridized carbons (Fsp3) is 0.294. The average molecular weight is 325 g/mol. The zero-order valence-electron chi connectivity index (χ0n) is 12.2. The summed E-state index contributed by atoms with van der Waals surface area (Å²) in [5.41, 5.74) is 3.55. The summed E-state index contributed by atoms with van der Waals surface area (Å²) in [6.45, 7) is 5.73. The van der Waals surface area contributed by atoms with Crippen molar-refractivity contribution in [2.24, 2.45) is 0 Å². The summed E-state index contributed by atoms with van der Waals surface area (Å²) in [5, 5.41) is 20.3. The first-order valence-electron chi connectivity index (χ1n) is 6.83. The normalized spacial score (nSPS) is 11.1. The van der Waals surface area contributed by atoms with E-state index in [1.54, 1.807) is 12.1 Å². The van der Waals surface area contributed by atoms with E-state index in [1.165, 1.54) is 0 Å². The Labute approximate surface area is 135 Å². The molecule has 0 aliphatic heterocycles. The van der Waals surface area contributed by atoms with Gasteiger partial charge in [0.2, 0.25) is 0 Å². The number of hydrogen-bond donors (Lipinski definition) is 2. The lowest BCUT2D eigenvalue weighted by Crippen LogP contribution is -2.01. The van der Waals surface area contributed by atoms with Gasteiger partial charge >= 0.3 is 0 Å². The van der Waals surface area contributed by atoms with Crippen molar-refractivity contribution < 1.29 is 10.2 Å². The molecule has 112 valence electrons. The monoisotopic (exact) mass is 324 g/mol. The molecular weight excluding hydrogens is 307 g/mol. The van der Waals surface area contributed by atoms with Crippen LogP contribution in [0.4, 0.5) is 0 Å². The summed E-state index contributed by atoms with van der Waals surface area (Å²) >= 11 is 12.2. The maximum absolute atomic E-state index is 9.79. The highest BCUT2D eigenvalue weighted by Crippen LogP contribution is 2.38. The second kappa shape index (κ2) is 6.17. The van der Waals surface area contributed by atoms with Gasteiger partial charge in [-0.1, -0.05) is 42.3 Å². The zero-order chi connectivity index (χ0) is 15.7. The van der Waals surface area contributed by atoms with Crippen LogP contribution in [0, 0.1) is 13.8 Å². The quantitative estimate of drug-likeness (QED) is 0.775. The highest BCUT2D eigenvalue weighted by Gasteiger charge is 2.17. The van der Waals surface area contributed by atoms with Gasteiger partial charge in [0.15, 0.2) is 0 Å². The third kappa shape index (κ3) is 3.12. The third-order valence-corrected chi connectivity index (χ3v) is 4.34. The van der Waals surface area contributed by atoms with Gasteiger partial charge in [-0.05, 0) is 54.7 Å². The first-order chi connectivity index (χ1) is 9.85. The maximum Gasteiger partial charge on any atom is 0.137 e. The van der Waals surface area contributed by atoms with E-state index in [0.717, 1.165) is 28.7 Å². The van der Waals surface area contributed by atoms with Crippen LogP contribution < -0.4 is 0 Å². The Morgan fingerprint density at radius 2 is 1.24 bits per heavy atom. The van der Waals surface area contributed by atoms with Crippen LogP contribution >= 0.6 is 23.2 Å². The highest BCUT2D eigenvalue weighted by molar-refractivity contribution is 6.32. The molecule has 0 radical (unpaired) electrons. The molecule has 0 saturated carbocycles. The minimum atomic E-state index is 0.110. The van der Waals surface area contributed by atoms with E-state index in [1.807, 2.05) is 26.0 Å². The molecule has 0 unspecified atom stereocenters. The van der Waals surface area contributed by atoms with Crippen molar-refractivity contribution in [1.29, 1.82) is 0 Å². The van der Waals surface area contributed by atoms with Gasteiger partial charge in [-0.25, -0.2) is 0 Å². The van der Waals surface area contributed by atoms with Crippen molar-refractivity contribution in [2.75, 3.05) is 0 Å². The fourth-order valence-corrected chi connectivity index (χ4v) is 3.14. The van der Waals surface area contributed by atoms with E-state index < -0.39 is 0 Å². The lowest BCUT2D eigenvalue weighted by molar-refractivity contribution is 0.471. The standard InChI is InChI=1S/C17H18Cl2O2/c1-4-13(11-5-9(2)16(20)14(18)7-11)12-6-10(3)17(21)15(19)8-12/h5-8,13,20-21H,4H2,1-3H3. The summed E-state index contributed by atoms with van der Waals surface area (Å²) < 4.78 is 0. The molecule has 0 spiro atoms. The van der Waals surface area contributed by atoms with Gasteiger partial charge in [0, 0.05) is 5.92 Å². The van der Waals surface area contributed by atoms with Crippen molar-refractivity contribution in [3.05, 3.63) is 56.6 Å². The average Bonchev–Trinajstić information content (AvgIpc) is 2.42. The minimum Gasteiger partial charge on any atom is -0.506 e. The second-order valence-corrected chi connectivity index (χ2v) is 6.11. The van der Waals surface area contributed by atoms with Crippen molar-refractivity contribution in [2.45, 2.75) is 33.1 Å². The van der Waals surface area contributed by atoms with Crippen molar-refractivity contribution >= 4 is 23.2 Å². The molecule has 2 nitrogen and oxygen atoms in total. The highest BCUT2D eigenvalue weighted by atomic mass is 35.5. The van der Waals surface area contributed by atoms with Gasteiger partial charge in [0.1, 0.15) is 11.5 Å². The number of halogens is 2. The number of phenolic OH excluding ortho intramolecular Hbond substituents is 2. The molecule has 2 aromatic rings. The van der Waals surface area contributed by atoms with Crippen LogP contribution in [0.25, 0.3) is 0 Å². The van der Waals surface area contributed by atoms with E-state index in [0.29, 0.717) is 10.0 Å². The fourth-order valence-electron chi connectivity index (χ4n) is 2.59. The Balaban J connectivity index is 2.54. The minimum absolute atomic E-state index is 0.110. The summed E-state index contributed by atoms with van der Waals surface area (Å²) in [7, 11) is 0. The Hall–Kier alpha value is -1.38. The number of aromatic hydroxyl groups is 2. The van der Waals surface area contributed by atoms with Crippen LogP contribution in [0.5, 0.6) is 11.5 Å². The Kier molecular flexibility index (Phi) is 4.70. The van der Waals surface area contributed by atoms with Crippen LogP contribution in [0.3, 0.4) is 0 Å². The van der Waals surface area contributed by atoms with Crippen LogP contribution in [-0.2, 0) is 0 Å². The molecule has 0 fully saturated rings. The predicted octanol–water partition coefficient (Wildman–Crippen LogP) is 5.56. The molecule has 0 saturated heterocycles. The van der Waals surface area contributed by atoms with E-state index in [-0.39, 0.29) is 17.4 Å². The summed E-state index contributed by atoms with van der Waals surface area (Å²) in [4.78, 5) is 0. The van der Waals surface area contributed by atoms with Crippen molar-refractivity contribution in [3.63, 3.8) is 0 Å². The van der Waals surface area contributed by atoms with Crippen LogP contribution in [0.1, 0.15) is 41.5 Å². The molecule has 0 aromatic heterocycles. The molecule has 0 aliphatic rings. The lowest BCUT2D eigenvalue weighted by Gasteiger charge is -2.19. The maximum atomic E-state index is 9.79. The van der Waals surface area contributed by atoms with Gasteiger partial charge in [0.25, 0.3) is 0 Å². The van der Waals surface area contributed by atoms with Gasteiger partial charge in [0.05, 0.1) is 10.0 Å². The molecule has 0 atom stereocenters. The Bertz CT molecular complexity index is 577. The summed E-state index contributed by atoms with van der Waals surface area (Å²) in [6.07, 6.45) is 0.862. The van der Waals surface area contributed by atoms with Crippen LogP contribution in [0.2, 0.25) is 10.0 Å². The van der Waals surface area contributed by atoms with E-state index in [2.05, 4.69) is 6.92 Å². The van der Waals surface area contributed by atoms with Gasteiger partial charge < -0.3 is 10.2 Å². The topological polar surface area (TPSA) is 40.5 Å². The molecule has 0 amide bonds. The van der Waals surface area contributed by atoms with Gasteiger partial charge in [-0.15, -0.1) is 0 Å². The lowest BCUT2D eigenvalue weighted by atomic mass is 9.87. The number of benzene rings is 2. The van der Waals surface area contributed by atoms with Crippen molar-refractivity contribution in [3.8, 4) is 11.5 Å². The molecule has 0 aliphatic carbocycles. The Morgan fingerprint density at radius 3 is 1.52 bits per heavy atom. The SMILES string of the molecule is CCC(c1cc(C)c(O)c(Cl)c1)c1cc(C)c(O)c(Cl)c1.